The molecule has 1 N–H and O–H groups in total. The van der Waals surface area contributed by atoms with Crippen LogP contribution in [0, 0.1) is 6.92 Å². The molecule has 0 heterocycles. The van der Waals surface area contributed by atoms with Gasteiger partial charge in [-0.1, -0.05) is 55.0 Å². The van der Waals surface area contributed by atoms with Gasteiger partial charge in [0.1, 0.15) is 11.8 Å². The zero-order valence-corrected chi connectivity index (χ0v) is 18.8. The summed E-state index contributed by atoms with van der Waals surface area (Å²) in [5, 5.41) is 3.01. The number of hydrogen-bond donors (Lipinski definition) is 1. The Morgan fingerprint density at radius 3 is 2.23 bits per heavy atom. The lowest BCUT2D eigenvalue weighted by Gasteiger charge is -2.33. The van der Waals surface area contributed by atoms with Crippen LogP contribution in [-0.2, 0) is 16.0 Å². The molecule has 0 aliphatic rings. The minimum atomic E-state index is -0.540. The summed E-state index contributed by atoms with van der Waals surface area (Å²) >= 11 is 0. The normalized spacial score (nSPS) is 12.2. The van der Waals surface area contributed by atoms with E-state index in [4.69, 9.17) is 4.74 Å². The van der Waals surface area contributed by atoms with E-state index in [1.165, 1.54) is 0 Å². The van der Waals surface area contributed by atoms with Crippen molar-refractivity contribution >= 4 is 11.8 Å². The highest BCUT2D eigenvalue weighted by atomic mass is 16.5. The zero-order chi connectivity index (χ0) is 22.1. The second kappa shape index (κ2) is 10.8. The standard InChI is InChI=1S/C25H34N2O3/c1-6-22(24(29)26-25(3,4)5)27(17-16-20-10-8-7-9-11-20)23(28)18-30-21-14-12-19(2)13-15-21/h7-15,22H,6,16-18H2,1-5H3,(H,26,29)/t22-/m0/s1. The molecule has 2 rings (SSSR count). The second-order valence-corrected chi connectivity index (χ2v) is 8.59. The van der Waals surface area contributed by atoms with E-state index in [9.17, 15) is 9.59 Å². The first-order valence-electron chi connectivity index (χ1n) is 10.5. The molecule has 2 amide bonds. The third-order valence-corrected chi connectivity index (χ3v) is 4.75. The van der Waals surface area contributed by atoms with Crippen LogP contribution in [-0.4, -0.2) is 41.4 Å². The molecule has 0 spiro atoms. The molecule has 0 saturated heterocycles. The molecule has 0 aromatic heterocycles. The van der Waals surface area contributed by atoms with Gasteiger partial charge in [0.25, 0.3) is 5.91 Å². The molecule has 162 valence electrons. The maximum Gasteiger partial charge on any atom is 0.261 e. The summed E-state index contributed by atoms with van der Waals surface area (Å²) in [6.45, 7) is 10.1. The second-order valence-electron chi connectivity index (χ2n) is 8.59. The monoisotopic (exact) mass is 410 g/mol. The van der Waals surface area contributed by atoms with Gasteiger partial charge in [0.15, 0.2) is 6.61 Å². The first-order valence-corrected chi connectivity index (χ1v) is 10.5. The molecule has 0 radical (unpaired) electrons. The van der Waals surface area contributed by atoms with Gasteiger partial charge in [0.2, 0.25) is 5.91 Å². The molecular formula is C25H34N2O3. The van der Waals surface area contributed by atoms with Gasteiger partial charge in [-0.2, -0.15) is 0 Å². The van der Waals surface area contributed by atoms with Crippen molar-refractivity contribution in [2.24, 2.45) is 0 Å². The molecular weight excluding hydrogens is 376 g/mol. The van der Waals surface area contributed by atoms with Crippen LogP contribution < -0.4 is 10.1 Å². The number of carbonyl (C=O) groups excluding carboxylic acids is 2. The number of rotatable bonds is 9. The molecule has 0 saturated carbocycles. The Morgan fingerprint density at radius 2 is 1.67 bits per heavy atom. The van der Waals surface area contributed by atoms with Crippen molar-refractivity contribution < 1.29 is 14.3 Å². The third kappa shape index (κ3) is 7.54. The highest BCUT2D eigenvalue weighted by molar-refractivity contribution is 5.88. The predicted molar refractivity (Wildman–Crippen MR) is 121 cm³/mol. The van der Waals surface area contributed by atoms with Crippen LogP contribution in [0.3, 0.4) is 0 Å². The summed E-state index contributed by atoms with van der Waals surface area (Å²) in [6.07, 6.45) is 1.21. The zero-order valence-electron chi connectivity index (χ0n) is 18.8. The van der Waals surface area contributed by atoms with Gasteiger partial charge in [-0.25, -0.2) is 0 Å². The first kappa shape index (κ1) is 23.5. The van der Waals surface area contributed by atoms with Crippen LogP contribution in [0.5, 0.6) is 5.75 Å². The maximum absolute atomic E-state index is 13.1. The van der Waals surface area contributed by atoms with E-state index in [0.717, 1.165) is 11.1 Å². The Morgan fingerprint density at radius 1 is 1.03 bits per heavy atom. The van der Waals surface area contributed by atoms with Crippen molar-refractivity contribution in [1.29, 1.82) is 0 Å². The number of benzene rings is 2. The Kier molecular flexibility index (Phi) is 8.46. The Balaban J connectivity index is 2.14. The smallest absolute Gasteiger partial charge is 0.261 e. The van der Waals surface area contributed by atoms with Crippen LogP contribution in [0.4, 0.5) is 0 Å². The van der Waals surface area contributed by atoms with E-state index in [1.807, 2.05) is 89.2 Å². The fourth-order valence-electron chi connectivity index (χ4n) is 3.21. The molecule has 2 aromatic carbocycles. The largest absolute Gasteiger partial charge is 0.484 e. The lowest BCUT2D eigenvalue weighted by molar-refractivity contribution is -0.142. The summed E-state index contributed by atoms with van der Waals surface area (Å²) in [5.41, 5.74) is 1.89. The lowest BCUT2D eigenvalue weighted by Crippen LogP contribution is -2.54. The average molecular weight is 411 g/mol. The summed E-state index contributed by atoms with van der Waals surface area (Å²) in [7, 11) is 0. The SMILES string of the molecule is CC[C@@H](C(=O)NC(C)(C)C)N(CCc1ccccc1)C(=O)COc1ccc(C)cc1. The minimum absolute atomic E-state index is 0.100. The van der Waals surface area contributed by atoms with E-state index < -0.39 is 6.04 Å². The first-order chi connectivity index (χ1) is 14.2. The lowest BCUT2D eigenvalue weighted by atomic mass is 10.1. The van der Waals surface area contributed by atoms with E-state index in [2.05, 4.69) is 5.32 Å². The van der Waals surface area contributed by atoms with Crippen molar-refractivity contribution in [1.82, 2.24) is 10.2 Å². The van der Waals surface area contributed by atoms with E-state index in [-0.39, 0.29) is 24.0 Å². The van der Waals surface area contributed by atoms with Gasteiger partial charge in [-0.3, -0.25) is 9.59 Å². The number of ether oxygens (including phenoxy) is 1. The number of amides is 2. The molecule has 5 heteroatoms. The Hall–Kier alpha value is -2.82. The number of aryl methyl sites for hydroxylation is 1. The van der Waals surface area contributed by atoms with Gasteiger partial charge in [0, 0.05) is 12.1 Å². The molecule has 5 nitrogen and oxygen atoms in total. The number of carbonyl (C=O) groups is 2. The van der Waals surface area contributed by atoms with E-state index in [0.29, 0.717) is 25.1 Å². The summed E-state index contributed by atoms with van der Waals surface area (Å²) in [6, 6.07) is 17.0. The number of nitrogens with one attached hydrogen (secondary N) is 1. The van der Waals surface area contributed by atoms with Crippen molar-refractivity contribution in [2.45, 2.75) is 59.0 Å². The molecule has 0 fully saturated rings. The molecule has 30 heavy (non-hydrogen) atoms. The maximum atomic E-state index is 13.1. The average Bonchev–Trinajstić information content (AvgIpc) is 2.69. The summed E-state index contributed by atoms with van der Waals surface area (Å²) in [4.78, 5) is 27.7. The van der Waals surface area contributed by atoms with Gasteiger partial charge in [-0.05, 0) is 58.2 Å². The van der Waals surface area contributed by atoms with E-state index >= 15 is 0 Å². The van der Waals surface area contributed by atoms with Crippen LogP contribution in [0.25, 0.3) is 0 Å². The van der Waals surface area contributed by atoms with Crippen LogP contribution in [0.15, 0.2) is 54.6 Å². The topological polar surface area (TPSA) is 58.6 Å². The number of nitrogens with zero attached hydrogens (tertiary/aromatic N) is 1. The van der Waals surface area contributed by atoms with Crippen molar-refractivity contribution in [3.8, 4) is 5.75 Å². The van der Waals surface area contributed by atoms with Crippen molar-refractivity contribution in [2.75, 3.05) is 13.2 Å². The van der Waals surface area contributed by atoms with Crippen LogP contribution in [0.2, 0.25) is 0 Å². The summed E-state index contributed by atoms with van der Waals surface area (Å²) < 4.78 is 5.71. The summed E-state index contributed by atoms with van der Waals surface area (Å²) in [5.74, 6) is 0.313. The third-order valence-electron chi connectivity index (χ3n) is 4.75. The Labute approximate surface area is 180 Å². The Bertz CT molecular complexity index is 811. The predicted octanol–water partition coefficient (Wildman–Crippen LogP) is 4.14. The minimum Gasteiger partial charge on any atom is -0.484 e. The fraction of sp³-hybridized carbons (Fsp3) is 0.440. The molecule has 0 unspecified atom stereocenters. The van der Waals surface area contributed by atoms with Gasteiger partial charge < -0.3 is 15.0 Å². The van der Waals surface area contributed by atoms with Gasteiger partial charge in [-0.15, -0.1) is 0 Å². The van der Waals surface area contributed by atoms with Gasteiger partial charge >= 0.3 is 0 Å². The van der Waals surface area contributed by atoms with Crippen molar-refractivity contribution in [3.05, 3.63) is 65.7 Å². The molecule has 1 atom stereocenters. The van der Waals surface area contributed by atoms with Crippen molar-refractivity contribution in [3.63, 3.8) is 0 Å². The molecule has 0 bridgehead atoms. The highest BCUT2D eigenvalue weighted by Gasteiger charge is 2.30. The molecule has 0 aliphatic heterocycles. The highest BCUT2D eigenvalue weighted by Crippen LogP contribution is 2.14. The fourth-order valence-corrected chi connectivity index (χ4v) is 3.21. The van der Waals surface area contributed by atoms with Crippen LogP contribution in [0.1, 0.15) is 45.2 Å². The van der Waals surface area contributed by atoms with Crippen LogP contribution >= 0.6 is 0 Å². The number of hydrogen-bond acceptors (Lipinski definition) is 3. The molecule has 0 aliphatic carbocycles. The van der Waals surface area contributed by atoms with Gasteiger partial charge in [0.05, 0.1) is 0 Å². The quantitative estimate of drug-likeness (QED) is 0.676. The van der Waals surface area contributed by atoms with E-state index in [1.54, 1.807) is 4.90 Å². The molecule has 2 aromatic rings.